The topological polar surface area (TPSA) is 37.4 Å². The summed E-state index contributed by atoms with van der Waals surface area (Å²) in [7, 11) is 0. The second-order valence-electron chi connectivity index (χ2n) is 3.93. The number of ketones is 1. The van der Waals surface area contributed by atoms with Gasteiger partial charge < -0.3 is 4.90 Å². The molecule has 0 unspecified atom stereocenters. The molecule has 3 nitrogen and oxygen atoms in total. The zero-order valence-corrected chi connectivity index (χ0v) is 10.7. The van der Waals surface area contributed by atoms with Crippen molar-refractivity contribution in [1.82, 2.24) is 4.90 Å². The van der Waals surface area contributed by atoms with Crippen molar-refractivity contribution in [1.29, 1.82) is 0 Å². The molecule has 0 saturated carbocycles. The molecular formula is C12H11BrFNO2. The van der Waals surface area contributed by atoms with Crippen LogP contribution in [0.25, 0.3) is 0 Å². The van der Waals surface area contributed by atoms with Crippen molar-refractivity contribution < 1.29 is 14.0 Å². The quantitative estimate of drug-likeness (QED) is 0.798. The molecule has 0 radical (unpaired) electrons. The van der Waals surface area contributed by atoms with E-state index in [1.54, 1.807) is 6.07 Å². The SMILES string of the molecule is O=C1CCN(C(=O)c2c(F)cccc2Br)CC1. The van der Waals surface area contributed by atoms with Crippen molar-refractivity contribution in [3.8, 4) is 0 Å². The van der Waals surface area contributed by atoms with Crippen LogP contribution >= 0.6 is 15.9 Å². The molecule has 1 aliphatic heterocycles. The molecular weight excluding hydrogens is 289 g/mol. The number of likely N-dealkylation sites (tertiary alicyclic amines) is 1. The Morgan fingerprint density at radius 1 is 1.29 bits per heavy atom. The molecule has 1 aromatic carbocycles. The highest BCUT2D eigenvalue weighted by molar-refractivity contribution is 9.10. The van der Waals surface area contributed by atoms with Gasteiger partial charge in [-0.1, -0.05) is 6.07 Å². The van der Waals surface area contributed by atoms with Gasteiger partial charge in [-0.2, -0.15) is 0 Å². The van der Waals surface area contributed by atoms with Crippen molar-refractivity contribution in [3.63, 3.8) is 0 Å². The van der Waals surface area contributed by atoms with Gasteiger partial charge in [0.05, 0.1) is 5.56 Å². The largest absolute Gasteiger partial charge is 0.338 e. The maximum atomic E-state index is 13.6. The van der Waals surface area contributed by atoms with E-state index in [0.29, 0.717) is 30.4 Å². The third-order valence-corrected chi connectivity index (χ3v) is 3.45. The Kier molecular flexibility index (Phi) is 3.57. The van der Waals surface area contributed by atoms with Gasteiger partial charge in [0.15, 0.2) is 0 Å². The zero-order chi connectivity index (χ0) is 12.4. The van der Waals surface area contributed by atoms with E-state index >= 15 is 0 Å². The molecule has 0 aromatic heterocycles. The maximum Gasteiger partial charge on any atom is 0.258 e. The summed E-state index contributed by atoms with van der Waals surface area (Å²) in [4.78, 5) is 24.7. The van der Waals surface area contributed by atoms with Gasteiger partial charge in [0.2, 0.25) is 0 Å². The molecule has 1 aliphatic rings. The van der Waals surface area contributed by atoms with Gasteiger partial charge in [-0.3, -0.25) is 9.59 Å². The first kappa shape index (κ1) is 12.2. The molecule has 17 heavy (non-hydrogen) atoms. The molecule has 1 fully saturated rings. The summed E-state index contributed by atoms with van der Waals surface area (Å²) in [5, 5.41) is 0. The fourth-order valence-corrected chi connectivity index (χ4v) is 2.33. The molecule has 2 rings (SSSR count). The normalized spacial score (nSPS) is 16.1. The summed E-state index contributed by atoms with van der Waals surface area (Å²) in [6, 6.07) is 4.43. The van der Waals surface area contributed by atoms with Crippen molar-refractivity contribution in [2.24, 2.45) is 0 Å². The predicted molar refractivity (Wildman–Crippen MR) is 64.2 cm³/mol. The number of carbonyl (C=O) groups excluding carboxylic acids is 2. The standard InChI is InChI=1S/C12H11BrFNO2/c13-9-2-1-3-10(14)11(9)12(17)15-6-4-8(16)5-7-15/h1-3H,4-7H2. The van der Waals surface area contributed by atoms with E-state index < -0.39 is 5.82 Å². The van der Waals surface area contributed by atoms with Crippen LogP contribution in [-0.2, 0) is 4.79 Å². The average molecular weight is 300 g/mol. The molecule has 0 aliphatic carbocycles. The Balaban J connectivity index is 2.22. The monoisotopic (exact) mass is 299 g/mol. The van der Waals surface area contributed by atoms with Crippen LogP contribution in [-0.4, -0.2) is 29.7 Å². The van der Waals surface area contributed by atoms with Crippen molar-refractivity contribution in [3.05, 3.63) is 34.1 Å². The van der Waals surface area contributed by atoms with Gasteiger partial charge >= 0.3 is 0 Å². The lowest BCUT2D eigenvalue weighted by Crippen LogP contribution is -2.39. The molecule has 0 N–H and O–H groups in total. The first-order valence-electron chi connectivity index (χ1n) is 5.34. The predicted octanol–water partition coefficient (Wildman–Crippen LogP) is 2.39. The van der Waals surface area contributed by atoms with Gasteiger partial charge in [-0.25, -0.2) is 4.39 Å². The van der Waals surface area contributed by atoms with Gasteiger partial charge in [0.25, 0.3) is 5.91 Å². The van der Waals surface area contributed by atoms with Crippen LogP contribution in [0, 0.1) is 5.82 Å². The van der Waals surface area contributed by atoms with E-state index in [9.17, 15) is 14.0 Å². The highest BCUT2D eigenvalue weighted by atomic mass is 79.9. The van der Waals surface area contributed by atoms with Crippen LogP contribution in [0.4, 0.5) is 4.39 Å². The molecule has 5 heteroatoms. The van der Waals surface area contributed by atoms with Crippen LogP contribution in [0.2, 0.25) is 0 Å². The van der Waals surface area contributed by atoms with Crippen LogP contribution in [0.1, 0.15) is 23.2 Å². The molecule has 90 valence electrons. The minimum atomic E-state index is -0.540. The van der Waals surface area contributed by atoms with Gasteiger partial charge in [0.1, 0.15) is 11.6 Å². The minimum absolute atomic E-state index is 0.0434. The number of carbonyl (C=O) groups is 2. The van der Waals surface area contributed by atoms with Gasteiger partial charge in [-0.15, -0.1) is 0 Å². The van der Waals surface area contributed by atoms with E-state index in [1.807, 2.05) is 0 Å². The second kappa shape index (κ2) is 4.96. The zero-order valence-electron chi connectivity index (χ0n) is 9.08. The lowest BCUT2D eigenvalue weighted by molar-refractivity contribution is -0.120. The highest BCUT2D eigenvalue weighted by Gasteiger charge is 2.25. The summed E-state index contributed by atoms with van der Waals surface area (Å²) in [6.45, 7) is 0.747. The third kappa shape index (κ3) is 2.54. The van der Waals surface area contributed by atoms with Gasteiger partial charge in [0, 0.05) is 30.4 Å². The number of hydrogen-bond donors (Lipinski definition) is 0. The van der Waals surface area contributed by atoms with Gasteiger partial charge in [-0.05, 0) is 28.1 Å². The Bertz CT molecular complexity index is 445. The van der Waals surface area contributed by atoms with Crippen molar-refractivity contribution >= 4 is 27.6 Å². The van der Waals surface area contributed by atoms with Crippen molar-refractivity contribution in [2.45, 2.75) is 12.8 Å². The smallest absolute Gasteiger partial charge is 0.258 e. The van der Waals surface area contributed by atoms with E-state index in [-0.39, 0.29) is 17.3 Å². The van der Waals surface area contributed by atoms with E-state index in [4.69, 9.17) is 0 Å². The fourth-order valence-electron chi connectivity index (χ4n) is 1.82. The van der Waals surface area contributed by atoms with E-state index in [0.717, 1.165) is 0 Å². The fraction of sp³-hybridized carbons (Fsp3) is 0.333. The highest BCUT2D eigenvalue weighted by Crippen LogP contribution is 2.22. The number of halogens is 2. The number of rotatable bonds is 1. The summed E-state index contributed by atoms with van der Waals surface area (Å²) >= 11 is 3.17. The number of piperidine rings is 1. The number of nitrogens with zero attached hydrogens (tertiary/aromatic N) is 1. The van der Waals surface area contributed by atoms with Crippen LogP contribution in [0.3, 0.4) is 0 Å². The molecule has 1 heterocycles. The Labute approximate surface area is 107 Å². The average Bonchev–Trinajstić information content (AvgIpc) is 2.29. The van der Waals surface area contributed by atoms with Crippen LogP contribution in [0.5, 0.6) is 0 Å². The summed E-state index contributed by atoms with van der Waals surface area (Å²) in [6.07, 6.45) is 0.718. The molecule has 1 saturated heterocycles. The second-order valence-corrected chi connectivity index (χ2v) is 4.78. The minimum Gasteiger partial charge on any atom is -0.338 e. The number of benzene rings is 1. The molecule has 1 aromatic rings. The first-order valence-corrected chi connectivity index (χ1v) is 6.14. The summed E-state index contributed by atoms with van der Waals surface area (Å²) < 4.78 is 14.0. The summed E-state index contributed by atoms with van der Waals surface area (Å²) in [5.74, 6) is -0.745. The Morgan fingerprint density at radius 2 is 1.94 bits per heavy atom. The van der Waals surface area contributed by atoms with Crippen LogP contribution < -0.4 is 0 Å². The first-order chi connectivity index (χ1) is 8.09. The van der Waals surface area contributed by atoms with Crippen molar-refractivity contribution in [2.75, 3.05) is 13.1 Å². The lowest BCUT2D eigenvalue weighted by atomic mass is 10.1. The Hall–Kier alpha value is -1.23. The maximum absolute atomic E-state index is 13.6. The number of hydrogen-bond acceptors (Lipinski definition) is 2. The lowest BCUT2D eigenvalue weighted by Gasteiger charge is -2.26. The molecule has 1 amide bonds. The molecule has 0 spiro atoms. The number of amides is 1. The van der Waals surface area contributed by atoms with E-state index in [1.165, 1.54) is 17.0 Å². The van der Waals surface area contributed by atoms with Crippen LogP contribution in [0.15, 0.2) is 22.7 Å². The molecule has 0 bridgehead atoms. The number of Topliss-reactive ketones (excluding diaryl/α,β-unsaturated/α-hetero) is 1. The van der Waals surface area contributed by atoms with E-state index in [2.05, 4.69) is 15.9 Å². The summed E-state index contributed by atoms with van der Waals surface area (Å²) in [5.41, 5.74) is 0.0434. The third-order valence-electron chi connectivity index (χ3n) is 2.78. The Morgan fingerprint density at radius 3 is 2.53 bits per heavy atom. The molecule has 0 atom stereocenters.